The van der Waals surface area contributed by atoms with Crippen molar-refractivity contribution in [2.75, 3.05) is 18.4 Å². The third-order valence-electron chi connectivity index (χ3n) is 4.48. The Morgan fingerprint density at radius 3 is 3.05 bits per heavy atom. The van der Waals surface area contributed by atoms with Crippen molar-refractivity contribution in [3.63, 3.8) is 0 Å². The molecule has 0 saturated carbocycles. The molecule has 2 unspecified atom stereocenters. The zero-order valence-corrected chi connectivity index (χ0v) is 11.5. The van der Waals surface area contributed by atoms with Gasteiger partial charge in [0.2, 0.25) is 0 Å². The van der Waals surface area contributed by atoms with Crippen molar-refractivity contribution in [3.8, 4) is 6.07 Å². The second kappa shape index (κ2) is 5.22. The summed E-state index contributed by atoms with van der Waals surface area (Å²) in [6, 6.07) is 9.68. The molecule has 0 radical (unpaired) electrons. The highest BCUT2D eigenvalue weighted by Gasteiger charge is 2.31. The number of hydrogen-bond donors (Lipinski definition) is 1. The van der Waals surface area contributed by atoms with Gasteiger partial charge in [-0.2, -0.15) is 5.26 Å². The van der Waals surface area contributed by atoms with Crippen molar-refractivity contribution in [3.05, 3.63) is 29.3 Å². The molecule has 0 bridgehead atoms. The molecule has 1 aromatic rings. The van der Waals surface area contributed by atoms with Gasteiger partial charge in [-0.3, -0.25) is 0 Å². The molecule has 2 aliphatic rings. The SMILES string of the molecule is Cc1ccc(NC2CCN3CCCC3C2)c(C#N)c1. The van der Waals surface area contributed by atoms with Gasteiger partial charge in [-0.15, -0.1) is 0 Å². The third-order valence-corrected chi connectivity index (χ3v) is 4.48. The van der Waals surface area contributed by atoms with E-state index < -0.39 is 0 Å². The minimum atomic E-state index is 0.522. The van der Waals surface area contributed by atoms with E-state index in [1.807, 2.05) is 13.0 Å². The first-order valence-electron chi connectivity index (χ1n) is 7.27. The molecule has 100 valence electrons. The lowest BCUT2D eigenvalue weighted by atomic mass is 9.97. The van der Waals surface area contributed by atoms with Crippen LogP contribution in [0.1, 0.15) is 36.8 Å². The van der Waals surface area contributed by atoms with E-state index in [1.165, 1.54) is 38.8 Å². The molecule has 2 saturated heterocycles. The van der Waals surface area contributed by atoms with E-state index in [9.17, 15) is 5.26 Å². The van der Waals surface area contributed by atoms with Gasteiger partial charge in [0.15, 0.2) is 0 Å². The summed E-state index contributed by atoms with van der Waals surface area (Å²) in [6.45, 7) is 4.52. The molecule has 0 amide bonds. The summed E-state index contributed by atoms with van der Waals surface area (Å²) in [5, 5.41) is 12.8. The molecule has 0 aliphatic carbocycles. The van der Waals surface area contributed by atoms with E-state index in [0.29, 0.717) is 6.04 Å². The summed E-state index contributed by atoms with van der Waals surface area (Å²) >= 11 is 0. The number of fused-ring (bicyclic) bond motifs is 1. The van der Waals surface area contributed by atoms with Gasteiger partial charge in [0, 0.05) is 18.6 Å². The molecular formula is C16H21N3. The topological polar surface area (TPSA) is 39.1 Å². The average Bonchev–Trinajstić information content (AvgIpc) is 2.88. The Morgan fingerprint density at radius 2 is 2.21 bits per heavy atom. The van der Waals surface area contributed by atoms with Crippen LogP contribution >= 0.6 is 0 Å². The fourth-order valence-corrected chi connectivity index (χ4v) is 3.45. The van der Waals surface area contributed by atoms with Crippen LogP contribution in [0.25, 0.3) is 0 Å². The van der Waals surface area contributed by atoms with Gasteiger partial charge in [0.05, 0.1) is 11.3 Å². The zero-order valence-electron chi connectivity index (χ0n) is 11.5. The highest BCUT2D eigenvalue weighted by atomic mass is 15.2. The number of piperidine rings is 1. The number of benzene rings is 1. The quantitative estimate of drug-likeness (QED) is 0.883. The van der Waals surface area contributed by atoms with Crippen molar-refractivity contribution in [2.45, 2.75) is 44.7 Å². The summed E-state index contributed by atoms with van der Waals surface area (Å²) in [6.07, 6.45) is 5.11. The molecule has 0 aromatic heterocycles. The van der Waals surface area contributed by atoms with Gasteiger partial charge in [0.25, 0.3) is 0 Å². The summed E-state index contributed by atoms with van der Waals surface area (Å²) in [5.74, 6) is 0. The van der Waals surface area contributed by atoms with Gasteiger partial charge in [0.1, 0.15) is 6.07 Å². The molecular weight excluding hydrogens is 234 g/mol. The normalized spacial score (nSPS) is 26.7. The van der Waals surface area contributed by atoms with Gasteiger partial charge in [-0.1, -0.05) is 6.07 Å². The molecule has 3 nitrogen and oxygen atoms in total. The first-order chi connectivity index (χ1) is 9.26. The Labute approximate surface area is 115 Å². The minimum absolute atomic E-state index is 0.522. The Balaban J connectivity index is 1.70. The van der Waals surface area contributed by atoms with Crippen LogP contribution in [0.15, 0.2) is 18.2 Å². The van der Waals surface area contributed by atoms with Crippen molar-refractivity contribution >= 4 is 5.69 Å². The summed E-state index contributed by atoms with van der Waals surface area (Å²) in [7, 11) is 0. The van der Waals surface area contributed by atoms with Crippen molar-refractivity contribution < 1.29 is 0 Å². The lowest BCUT2D eigenvalue weighted by Crippen LogP contribution is -2.42. The number of nitriles is 1. The van der Waals surface area contributed by atoms with Gasteiger partial charge >= 0.3 is 0 Å². The fourth-order valence-electron chi connectivity index (χ4n) is 3.45. The van der Waals surface area contributed by atoms with E-state index in [2.05, 4.69) is 28.4 Å². The second-order valence-corrected chi connectivity index (χ2v) is 5.86. The van der Waals surface area contributed by atoms with Crippen LogP contribution in [0.3, 0.4) is 0 Å². The maximum Gasteiger partial charge on any atom is 0.101 e. The van der Waals surface area contributed by atoms with E-state index in [1.54, 1.807) is 0 Å². The number of nitrogens with one attached hydrogen (secondary N) is 1. The second-order valence-electron chi connectivity index (χ2n) is 5.86. The van der Waals surface area contributed by atoms with Crippen LogP contribution in [0.4, 0.5) is 5.69 Å². The minimum Gasteiger partial charge on any atom is -0.381 e. The maximum absolute atomic E-state index is 9.22. The lowest BCUT2D eigenvalue weighted by Gasteiger charge is -2.35. The molecule has 1 aromatic carbocycles. The number of aryl methyl sites for hydroxylation is 1. The summed E-state index contributed by atoms with van der Waals surface area (Å²) < 4.78 is 0. The van der Waals surface area contributed by atoms with E-state index in [-0.39, 0.29) is 0 Å². The Kier molecular flexibility index (Phi) is 3.44. The number of anilines is 1. The van der Waals surface area contributed by atoms with Crippen LogP contribution in [0, 0.1) is 18.3 Å². The molecule has 2 heterocycles. The smallest absolute Gasteiger partial charge is 0.101 e. The van der Waals surface area contributed by atoms with Crippen LogP contribution < -0.4 is 5.32 Å². The van der Waals surface area contributed by atoms with Crippen LogP contribution in [-0.4, -0.2) is 30.1 Å². The predicted molar refractivity (Wildman–Crippen MR) is 77.1 cm³/mol. The molecule has 1 N–H and O–H groups in total. The third kappa shape index (κ3) is 2.59. The first-order valence-corrected chi connectivity index (χ1v) is 7.27. The highest BCUT2D eigenvalue weighted by molar-refractivity contribution is 5.59. The number of hydrogen-bond acceptors (Lipinski definition) is 3. The van der Waals surface area contributed by atoms with Gasteiger partial charge < -0.3 is 10.2 Å². The molecule has 2 aliphatic heterocycles. The first kappa shape index (κ1) is 12.5. The van der Waals surface area contributed by atoms with E-state index in [4.69, 9.17) is 0 Å². The van der Waals surface area contributed by atoms with Crippen molar-refractivity contribution in [1.29, 1.82) is 5.26 Å². The fraction of sp³-hybridized carbons (Fsp3) is 0.562. The highest BCUT2D eigenvalue weighted by Crippen LogP contribution is 2.29. The Morgan fingerprint density at radius 1 is 1.32 bits per heavy atom. The monoisotopic (exact) mass is 255 g/mol. The average molecular weight is 255 g/mol. The zero-order chi connectivity index (χ0) is 13.2. The van der Waals surface area contributed by atoms with Crippen molar-refractivity contribution in [1.82, 2.24) is 4.90 Å². The molecule has 2 fully saturated rings. The lowest BCUT2D eigenvalue weighted by molar-refractivity contribution is 0.188. The van der Waals surface area contributed by atoms with E-state index in [0.717, 1.165) is 22.9 Å². The van der Waals surface area contributed by atoms with Crippen LogP contribution in [0.2, 0.25) is 0 Å². The van der Waals surface area contributed by atoms with Crippen LogP contribution in [0.5, 0.6) is 0 Å². The Bertz CT molecular complexity index is 503. The molecule has 3 rings (SSSR count). The largest absolute Gasteiger partial charge is 0.381 e. The van der Waals surface area contributed by atoms with Gasteiger partial charge in [-0.25, -0.2) is 0 Å². The standard InChI is InChI=1S/C16H21N3/c1-12-4-5-16(13(9-12)11-17)18-14-6-8-19-7-2-3-15(19)10-14/h4-5,9,14-15,18H,2-3,6-8,10H2,1H3. The summed E-state index contributed by atoms with van der Waals surface area (Å²) in [5.41, 5.74) is 2.92. The van der Waals surface area contributed by atoms with Crippen LogP contribution in [-0.2, 0) is 0 Å². The molecule has 19 heavy (non-hydrogen) atoms. The predicted octanol–water partition coefficient (Wildman–Crippen LogP) is 2.91. The maximum atomic E-state index is 9.22. The molecule has 3 heteroatoms. The van der Waals surface area contributed by atoms with Crippen molar-refractivity contribution in [2.24, 2.45) is 0 Å². The molecule has 0 spiro atoms. The van der Waals surface area contributed by atoms with Gasteiger partial charge in [-0.05, 0) is 56.8 Å². The number of rotatable bonds is 2. The Hall–Kier alpha value is -1.53. The number of nitrogens with zero attached hydrogens (tertiary/aromatic N) is 2. The summed E-state index contributed by atoms with van der Waals surface area (Å²) in [4.78, 5) is 2.62. The van der Waals surface area contributed by atoms with E-state index >= 15 is 0 Å². The molecule has 2 atom stereocenters.